The molecule has 0 unspecified atom stereocenters. The van der Waals surface area contributed by atoms with Crippen LogP contribution in [-0.2, 0) is 0 Å². The van der Waals surface area contributed by atoms with Crippen molar-refractivity contribution in [1.29, 1.82) is 0 Å². The molecule has 2 N–H and O–H groups in total. The summed E-state index contributed by atoms with van der Waals surface area (Å²) in [6.45, 7) is 5.58. The highest BCUT2D eigenvalue weighted by atomic mass is 16.4. The summed E-state index contributed by atoms with van der Waals surface area (Å²) in [7, 11) is 0. The summed E-state index contributed by atoms with van der Waals surface area (Å²) in [5.41, 5.74) is 2.11. The largest absolute Gasteiger partial charge is 0.477 e. The molecule has 28 heavy (non-hydrogen) atoms. The van der Waals surface area contributed by atoms with Crippen molar-refractivity contribution in [3.63, 3.8) is 0 Å². The number of carbonyl (C=O) groups is 3. The second-order valence-corrected chi connectivity index (χ2v) is 7.20. The molecule has 3 rings (SSSR count). The average molecular weight is 381 g/mol. The Hall–Kier alpha value is -3.22. The van der Waals surface area contributed by atoms with Crippen LogP contribution in [0.1, 0.15) is 56.5 Å². The van der Waals surface area contributed by atoms with Crippen LogP contribution in [0.3, 0.4) is 0 Å². The van der Waals surface area contributed by atoms with Gasteiger partial charge in [0, 0.05) is 30.5 Å². The van der Waals surface area contributed by atoms with Crippen molar-refractivity contribution < 1.29 is 19.5 Å². The molecule has 0 bridgehead atoms. The van der Waals surface area contributed by atoms with Gasteiger partial charge < -0.3 is 15.3 Å². The van der Waals surface area contributed by atoms with Crippen molar-refractivity contribution in [3.05, 3.63) is 58.9 Å². The van der Waals surface area contributed by atoms with Gasteiger partial charge >= 0.3 is 5.97 Å². The van der Waals surface area contributed by atoms with Crippen molar-refractivity contribution in [2.75, 3.05) is 18.4 Å². The number of pyridine rings is 1. The molecule has 0 saturated carbocycles. The van der Waals surface area contributed by atoms with Crippen LogP contribution in [0.15, 0.2) is 36.5 Å². The topological polar surface area (TPSA) is 99.6 Å². The molecule has 0 radical (unpaired) electrons. The molecule has 2 amide bonds. The first kappa shape index (κ1) is 19.5. The van der Waals surface area contributed by atoms with E-state index in [9.17, 15) is 14.4 Å². The summed E-state index contributed by atoms with van der Waals surface area (Å²) >= 11 is 0. The predicted octanol–water partition coefficient (Wildman–Crippen LogP) is 3.21. The van der Waals surface area contributed by atoms with E-state index in [1.165, 1.54) is 18.3 Å². The van der Waals surface area contributed by atoms with Crippen LogP contribution in [0.25, 0.3) is 0 Å². The molecule has 0 spiro atoms. The van der Waals surface area contributed by atoms with Gasteiger partial charge in [-0.05, 0) is 61.6 Å². The summed E-state index contributed by atoms with van der Waals surface area (Å²) in [4.78, 5) is 41.5. The molecule has 1 aliphatic rings. The fourth-order valence-electron chi connectivity index (χ4n) is 3.18. The normalized spacial score (nSPS) is 14.6. The molecule has 146 valence electrons. The van der Waals surface area contributed by atoms with Gasteiger partial charge in [-0.15, -0.1) is 0 Å². The third-order valence-corrected chi connectivity index (χ3v) is 5.04. The molecular weight excluding hydrogens is 358 g/mol. The Morgan fingerprint density at radius 1 is 1.11 bits per heavy atom. The summed E-state index contributed by atoms with van der Waals surface area (Å²) < 4.78 is 0. The van der Waals surface area contributed by atoms with Gasteiger partial charge in [-0.3, -0.25) is 9.59 Å². The zero-order chi connectivity index (χ0) is 20.3. The molecule has 1 aliphatic heterocycles. The lowest BCUT2D eigenvalue weighted by molar-refractivity contribution is 0.0684. The Labute approximate surface area is 163 Å². The molecular formula is C21H23N3O4. The SMILES string of the molecule is Cc1cc(C(=O)N2CCC(C)CC2)ccc1NC(=O)c1ccc(C(=O)O)nc1. The van der Waals surface area contributed by atoms with E-state index in [-0.39, 0.29) is 17.2 Å². The van der Waals surface area contributed by atoms with Crippen LogP contribution in [0, 0.1) is 12.8 Å². The number of rotatable bonds is 4. The van der Waals surface area contributed by atoms with Crippen LogP contribution < -0.4 is 5.32 Å². The number of aromatic nitrogens is 1. The molecule has 1 aromatic heterocycles. The Morgan fingerprint density at radius 2 is 1.79 bits per heavy atom. The van der Waals surface area contributed by atoms with Gasteiger partial charge in [0.1, 0.15) is 5.69 Å². The van der Waals surface area contributed by atoms with E-state index < -0.39 is 11.9 Å². The summed E-state index contributed by atoms with van der Waals surface area (Å²) in [6.07, 6.45) is 3.27. The molecule has 7 heteroatoms. The number of nitrogens with one attached hydrogen (secondary N) is 1. The molecule has 2 aromatic rings. The van der Waals surface area contributed by atoms with Gasteiger partial charge in [0.25, 0.3) is 11.8 Å². The van der Waals surface area contributed by atoms with Gasteiger partial charge in [0.2, 0.25) is 0 Å². The number of benzene rings is 1. The van der Waals surface area contributed by atoms with Gasteiger partial charge in [-0.2, -0.15) is 0 Å². The zero-order valence-electron chi connectivity index (χ0n) is 15.9. The Kier molecular flexibility index (Phi) is 5.73. The van der Waals surface area contributed by atoms with E-state index in [0.717, 1.165) is 31.5 Å². The smallest absolute Gasteiger partial charge is 0.354 e. The predicted molar refractivity (Wildman–Crippen MR) is 105 cm³/mol. The highest BCUT2D eigenvalue weighted by Gasteiger charge is 2.22. The molecule has 1 aromatic carbocycles. The third kappa shape index (κ3) is 4.36. The standard InChI is InChI=1S/C21H23N3O4/c1-13-7-9-24(10-8-13)20(26)15-3-5-17(14(2)11-15)23-19(25)16-4-6-18(21(27)28)22-12-16/h3-6,11-13H,7-10H2,1-2H3,(H,23,25)(H,27,28). The molecule has 1 saturated heterocycles. The molecule has 1 fully saturated rings. The number of carbonyl (C=O) groups excluding carboxylic acids is 2. The van der Waals surface area contributed by atoms with Crippen LogP contribution in [0.5, 0.6) is 0 Å². The van der Waals surface area contributed by atoms with E-state index in [4.69, 9.17) is 5.11 Å². The van der Waals surface area contributed by atoms with Crippen LogP contribution in [0.2, 0.25) is 0 Å². The molecule has 0 aliphatic carbocycles. The number of carboxylic acid groups (broad SMARTS) is 1. The number of likely N-dealkylation sites (tertiary alicyclic amines) is 1. The summed E-state index contributed by atoms with van der Waals surface area (Å²) in [6, 6.07) is 7.91. The van der Waals surface area contributed by atoms with Crippen molar-refractivity contribution in [3.8, 4) is 0 Å². The number of amides is 2. The number of nitrogens with zero attached hydrogens (tertiary/aromatic N) is 2. The fraction of sp³-hybridized carbons (Fsp3) is 0.333. The van der Waals surface area contributed by atoms with Gasteiger partial charge in [0.05, 0.1) is 5.56 Å². The Morgan fingerprint density at radius 3 is 2.36 bits per heavy atom. The first-order chi connectivity index (χ1) is 13.3. The Balaban J connectivity index is 1.69. The van der Waals surface area contributed by atoms with E-state index in [1.807, 2.05) is 11.8 Å². The zero-order valence-corrected chi connectivity index (χ0v) is 15.9. The second-order valence-electron chi connectivity index (χ2n) is 7.20. The van der Waals surface area contributed by atoms with Gasteiger partial charge in [-0.25, -0.2) is 9.78 Å². The van der Waals surface area contributed by atoms with E-state index in [0.29, 0.717) is 17.2 Å². The summed E-state index contributed by atoms with van der Waals surface area (Å²) in [5.74, 6) is -0.869. The second kappa shape index (κ2) is 8.21. The number of carboxylic acids is 1. The van der Waals surface area contributed by atoms with E-state index >= 15 is 0 Å². The maximum atomic E-state index is 12.7. The maximum absolute atomic E-state index is 12.7. The number of aryl methyl sites for hydroxylation is 1. The summed E-state index contributed by atoms with van der Waals surface area (Å²) in [5, 5.41) is 11.6. The average Bonchev–Trinajstić information content (AvgIpc) is 2.69. The maximum Gasteiger partial charge on any atom is 0.354 e. The third-order valence-electron chi connectivity index (χ3n) is 5.04. The lowest BCUT2D eigenvalue weighted by Crippen LogP contribution is -2.37. The number of aromatic carboxylic acids is 1. The lowest BCUT2D eigenvalue weighted by Gasteiger charge is -2.30. The molecule has 0 atom stereocenters. The highest BCUT2D eigenvalue weighted by molar-refractivity contribution is 6.05. The first-order valence-corrected chi connectivity index (χ1v) is 9.26. The molecule has 7 nitrogen and oxygen atoms in total. The number of piperidine rings is 1. The quantitative estimate of drug-likeness (QED) is 0.847. The highest BCUT2D eigenvalue weighted by Crippen LogP contribution is 2.22. The fourth-order valence-corrected chi connectivity index (χ4v) is 3.18. The van der Waals surface area contributed by atoms with Gasteiger partial charge in [0.15, 0.2) is 0 Å². The van der Waals surface area contributed by atoms with Crippen LogP contribution in [0.4, 0.5) is 5.69 Å². The van der Waals surface area contributed by atoms with Crippen LogP contribution in [-0.4, -0.2) is 45.9 Å². The molecule has 2 heterocycles. The first-order valence-electron chi connectivity index (χ1n) is 9.26. The Bertz CT molecular complexity index is 900. The minimum absolute atomic E-state index is 0.0151. The van der Waals surface area contributed by atoms with Crippen molar-refractivity contribution >= 4 is 23.5 Å². The number of hydrogen-bond donors (Lipinski definition) is 2. The van der Waals surface area contributed by atoms with E-state index in [2.05, 4.69) is 17.2 Å². The monoisotopic (exact) mass is 381 g/mol. The van der Waals surface area contributed by atoms with Crippen molar-refractivity contribution in [2.24, 2.45) is 5.92 Å². The van der Waals surface area contributed by atoms with Crippen LogP contribution >= 0.6 is 0 Å². The van der Waals surface area contributed by atoms with Crippen molar-refractivity contribution in [2.45, 2.75) is 26.7 Å². The lowest BCUT2D eigenvalue weighted by atomic mass is 9.98. The van der Waals surface area contributed by atoms with Crippen molar-refractivity contribution in [1.82, 2.24) is 9.88 Å². The van der Waals surface area contributed by atoms with Gasteiger partial charge in [-0.1, -0.05) is 6.92 Å². The minimum atomic E-state index is -1.15. The number of anilines is 1. The van der Waals surface area contributed by atoms with E-state index in [1.54, 1.807) is 18.2 Å². The number of hydrogen-bond acceptors (Lipinski definition) is 4. The minimum Gasteiger partial charge on any atom is -0.477 e.